The first-order chi connectivity index (χ1) is 7.77. The fraction of sp³-hybridized carbons (Fsp3) is 0.917. The van der Waals surface area contributed by atoms with Crippen molar-refractivity contribution in [1.82, 2.24) is 10.2 Å². The van der Waals surface area contributed by atoms with Crippen molar-refractivity contribution in [2.24, 2.45) is 5.92 Å². The van der Waals surface area contributed by atoms with E-state index in [0.717, 1.165) is 32.7 Å². The van der Waals surface area contributed by atoms with Crippen LogP contribution >= 0.6 is 0 Å². The number of nitrogens with zero attached hydrogens (tertiary/aromatic N) is 1. The van der Waals surface area contributed by atoms with Gasteiger partial charge in [0, 0.05) is 26.2 Å². The van der Waals surface area contributed by atoms with Gasteiger partial charge in [-0.1, -0.05) is 0 Å². The van der Waals surface area contributed by atoms with Crippen LogP contribution in [0.1, 0.15) is 26.2 Å². The van der Waals surface area contributed by atoms with E-state index in [1.165, 1.54) is 12.8 Å². The smallest absolute Gasteiger partial charge is 0.236 e. The molecule has 4 heteroatoms. The maximum atomic E-state index is 11.7. The number of carbonyl (C=O) groups excluding carboxylic acids is 1. The van der Waals surface area contributed by atoms with Crippen molar-refractivity contribution in [3.05, 3.63) is 0 Å². The van der Waals surface area contributed by atoms with Gasteiger partial charge >= 0.3 is 0 Å². The van der Waals surface area contributed by atoms with Crippen molar-refractivity contribution in [3.8, 4) is 0 Å². The third-order valence-electron chi connectivity index (χ3n) is 3.67. The number of carbonyl (C=O) groups is 1. The molecule has 1 amide bonds. The van der Waals surface area contributed by atoms with Gasteiger partial charge in [0.15, 0.2) is 0 Å². The highest BCUT2D eigenvalue weighted by atomic mass is 16.5. The lowest BCUT2D eigenvalue weighted by Gasteiger charge is -2.18. The molecule has 2 heterocycles. The van der Waals surface area contributed by atoms with Crippen LogP contribution in [-0.4, -0.2) is 49.7 Å². The average molecular weight is 226 g/mol. The average Bonchev–Trinajstić information content (AvgIpc) is 2.90. The maximum Gasteiger partial charge on any atom is 0.236 e. The Morgan fingerprint density at radius 3 is 2.81 bits per heavy atom. The first-order valence-corrected chi connectivity index (χ1v) is 6.37. The van der Waals surface area contributed by atoms with Crippen LogP contribution in [-0.2, 0) is 9.53 Å². The maximum absolute atomic E-state index is 11.7. The van der Waals surface area contributed by atoms with E-state index in [-0.39, 0.29) is 5.91 Å². The molecule has 0 radical (unpaired) electrons. The topological polar surface area (TPSA) is 41.6 Å². The molecule has 2 unspecified atom stereocenters. The molecule has 2 saturated heterocycles. The quantitative estimate of drug-likeness (QED) is 0.764. The van der Waals surface area contributed by atoms with Crippen molar-refractivity contribution in [2.75, 3.05) is 32.8 Å². The Morgan fingerprint density at radius 1 is 1.44 bits per heavy atom. The molecule has 4 nitrogen and oxygen atoms in total. The molecule has 0 aliphatic carbocycles. The Bertz CT molecular complexity index is 239. The summed E-state index contributed by atoms with van der Waals surface area (Å²) in [5.41, 5.74) is 0. The van der Waals surface area contributed by atoms with Gasteiger partial charge in [-0.25, -0.2) is 0 Å². The molecule has 0 aromatic carbocycles. The van der Waals surface area contributed by atoms with E-state index in [0.29, 0.717) is 18.6 Å². The van der Waals surface area contributed by atoms with Gasteiger partial charge in [-0.15, -0.1) is 0 Å². The predicted octanol–water partition coefficient (Wildman–Crippen LogP) is 0.623. The molecule has 0 spiro atoms. The predicted molar refractivity (Wildman–Crippen MR) is 62.2 cm³/mol. The Morgan fingerprint density at radius 2 is 2.19 bits per heavy atom. The van der Waals surface area contributed by atoms with Crippen molar-refractivity contribution in [3.63, 3.8) is 0 Å². The summed E-state index contributed by atoms with van der Waals surface area (Å²) in [6.45, 7) is 6.27. The lowest BCUT2D eigenvalue weighted by molar-refractivity contribution is -0.129. The lowest BCUT2D eigenvalue weighted by atomic mass is 10.0. The summed E-state index contributed by atoms with van der Waals surface area (Å²) in [5.74, 6) is 0.829. The van der Waals surface area contributed by atoms with E-state index in [1.807, 2.05) is 4.90 Å². The van der Waals surface area contributed by atoms with Gasteiger partial charge in [0.25, 0.3) is 0 Å². The second kappa shape index (κ2) is 5.64. The van der Waals surface area contributed by atoms with Gasteiger partial charge in [0.2, 0.25) is 5.91 Å². The number of nitrogens with one attached hydrogen (secondary N) is 1. The number of ether oxygens (including phenoxy) is 1. The van der Waals surface area contributed by atoms with Crippen LogP contribution in [0.4, 0.5) is 0 Å². The summed E-state index contributed by atoms with van der Waals surface area (Å²) in [7, 11) is 0. The first kappa shape index (κ1) is 11.9. The number of hydrogen-bond acceptors (Lipinski definition) is 3. The van der Waals surface area contributed by atoms with Gasteiger partial charge in [-0.3, -0.25) is 4.79 Å². The largest absolute Gasteiger partial charge is 0.378 e. The minimum absolute atomic E-state index is 0.254. The number of amides is 1. The van der Waals surface area contributed by atoms with E-state index in [9.17, 15) is 4.79 Å². The molecule has 2 atom stereocenters. The SMILES string of the molecule is CC1OCCC1CNCC(=O)N1CCCC1. The second-order valence-corrected chi connectivity index (χ2v) is 4.84. The third-order valence-corrected chi connectivity index (χ3v) is 3.67. The summed E-state index contributed by atoms with van der Waals surface area (Å²) in [6.07, 6.45) is 3.79. The van der Waals surface area contributed by atoms with Crippen LogP contribution in [0.25, 0.3) is 0 Å². The fourth-order valence-electron chi connectivity index (χ4n) is 2.49. The van der Waals surface area contributed by atoms with Crippen LogP contribution < -0.4 is 5.32 Å². The zero-order valence-corrected chi connectivity index (χ0v) is 10.1. The van der Waals surface area contributed by atoms with Gasteiger partial charge in [0.1, 0.15) is 0 Å². The third kappa shape index (κ3) is 2.95. The number of hydrogen-bond donors (Lipinski definition) is 1. The molecular formula is C12H22N2O2. The molecule has 0 saturated carbocycles. The molecule has 0 aromatic rings. The summed E-state index contributed by atoms with van der Waals surface area (Å²) in [4.78, 5) is 13.7. The van der Waals surface area contributed by atoms with Crippen LogP contribution in [0.15, 0.2) is 0 Å². The Kier molecular flexibility index (Phi) is 4.18. The van der Waals surface area contributed by atoms with Crippen molar-refractivity contribution >= 4 is 5.91 Å². The molecule has 2 aliphatic heterocycles. The fourth-order valence-corrected chi connectivity index (χ4v) is 2.49. The van der Waals surface area contributed by atoms with Gasteiger partial charge in [0.05, 0.1) is 12.6 Å². The standard InChI is InChI=1S/C12H22N2O2/c1-10-11(4-7-16-10)8-13-9-12(15)14-5-2-3-6-14/h10-11,13H,2-9H2,1H3. The van der Waals surface area contributed by atoms with Crippen LogP contribution in [0.5, 0.6) is 0 Å². The van der Waals surface area contributed by atoms with Crippen molar-refractivity contribution in [2.45, 2.75) is 32.3 Å². The van der Waals surface area contributed by atoms with Crippen LogP contribution in [0.2, 0.25) is 0 Å². The monoisotopic (exact) mass is 226 g/mol. The molecular weight excluding hydrogens is 204 g/mol. The van der Waals surface area contributed by atoms with Gasteiger partial charge in [-0.05, 0) is 32.1 Å². The second-order valence-electron chi connectivity index (χ2n) is 4.84. The first-order valence-electron chi connectivity index (χ1n) is 6.37. The van der Waals surface area contributed by atoms with E-state index < -0.39 is 0 Å². The Hall–Kier alpha value is -0.610. The molecule has 16 heavy (non-hydrogen) atoms. The minimum atomic E-state index is 0.254. The Balaban J connectivity index is 1.61. The van der Waals surface area contributed by atoms with Crippen molar-refractivity contribution in [1.29, 1.82) is 0 Å². The van der Waals surface area contributed by atoms with E-state index in [1.54, 1.807) is 0 Å². The van der Waals surface area contributed by atoms with Crippen LogP contribution in [0, 0.1) is 5.92 Å². The molecule has 0 bridgehead atoms. The van der Waals surface area contributed by atoms with E-state index >= 15 is 0 Å². The minimum Gasteiger partial charge on any atom is -0.378 e. The summed E-state index contributed by atoms with van der Waals surface area (Å²) in [6, 6.07) is 0. The highest BCUT2D eigenvalue weighted by Crippen LogP contribution is 2.19. The summed E-state index contributed by atoms with van der Waals surface area (Å²) in [5, 5.41) is 3.26. The highest BCUT2D eigenvalue weighted by Gasteiger charge is 2.24. The molecule has 2 aliphatic rings. The van der Waals surface area contributed by atoms with Crippen molar-refractivity contribution < 1.29 is 9.53 Å². The van der Waals surface area contributed by atoms with Gasteiger partial charge in [-0.2, -0.15) is 0 Å². The zero-order chi connectivity index (χ0) is 11.4. The number of rotatable bonds is 4. The van der Waals surface area contributed by atoms with E-state index in [2.05, 4.69) is 12.2 Å². The highest BCUT2D eigenvalue weighted by molar-refractivity contribution is 5.78. The van der Waals surface area contributed by atoms with Gasteiger partial charge < -0.3 is 15.0 Å². The lowest BCUT2D eigenvalue weighted by Crippen LogP contribution is -2.38. The van der Waals surface area contributed by atoms with E-state index in [4.69, 9.17) is 4.74 Å². The Labute approximate surface area is 97.3 Å². The summed E-state index contributed by atoms with van der Waals surface area (Å²) < 4.78 is 5.49. The number of likely N-dealkylation sites (tertiary alicyclic amines) is 1. The molecule has 92 valence electrons. The molecule has 0 aromatic heterocycles. The molecule has 2 fully saturated rings. The zero-order valence-electron chi connectivity index (χ0n) is 10.1. The normalized spacial score (nSPS) is 29.9. The van der Waals surface area contributed by atoms with Crippen LogP contribution in [0.3, 0.4) is 0 Å². The molecule has 1 N–H and O–H groups in total. The summed E-state index contributed by atoms with van der Waals surface area (Å²) >= 11 is 0. The molecule has 2 rings (SSSR count).